The van der Waals surface area contributed by atoms with Crippen molar-refractivity contribution < 1.29 is 13.2 Å². The lowest BCUT2D eigenvalue weighted by Crippen LogP contribution is -2.33. The van der Waals surface area contributed by atoms with Gasteiger partial charge in [0.05, 0.1) is 11.6 Å². The van der Waals surface area contributed by atoms with Gasteiger partial charge in [0.2, 0.25) is 0 Å². The van der Waals surface area contributed by atoms with Crippen molar-refractivity contribution in [2.75, 3.05) is 0 Å². The summed E-state index contributed by atoms with van der Waals surface area (Å²) in [6, 6.07) is 2.43. The van der Waals surface area contributed by atoms with E-state index in [1.54, 1.807) is 0 Å². The second-order valence-corrected chi connectivity index (χ2v) is 4.84. The molecule has 0 aliphatic heterocycles. The van der Waals surface area contributed by atoms with Crippen LogP contribution in [0.4, 0.5) is 13.2 Å². The minimum absolute atomic E-state index is 0.166. The molecule has 1 aromatic rings. The molecule has 1 heterocycles. The zero-order valence-corrected chi connectivity index (χ0v) is 11.0. The van der Waals surface area contributed by atoms with Crippen LogP contribution in [0.1, 0.15) is 43.4 Å². The predicted octanol–water partition coefficient (Wildman–Crippen LogP) is 2.64. The third kappa shape index (κ3) is 3.69. The summed E-state index contributed by atoms with van der Waals surface area (Å²) in [4.78, 5) is 8.24. The number of aromatic nitrogens is 1. The fraction of sp³-hybridized carbons (Fsp3) is 0.538. The Balaban J connectivity index is 2.16. The first-order chi connectivity index (χ1) is 9.50. The van der Waals surface area contributed by atoms with Gasteiger partial charge in [-0.05, 0) is 25.0 Å². The maximum Gasteiger partial charge on any atom is 0.417 e. The van der Waals surface area contributed by atoms with Gasteiger partial charge in [-0.25, -0.2) is 5.84 Å². The Morgan fingerprint density at radius 1 is 1.25 bits per heavy atom. The van der Waals surface area contributed by atoms with E-state index in [1.807, 2.05) is 0 Å². The van der Waals surface area contributed by atoms with Crippen LogP contribution in [0.3, 0.4) is 0 Å². The highest BCUT2D eigenvalue weighted by molar-refractivity contribution is 5.96. The standard InChI is InChI=1S/C13H17F3N4/c14-13(15,16)9-6-7-11(18-8-9)12(20-17)19-10-4-2-1-3-5-10/h6-8,10H,1-5,17H2,(H,19,20). The fourth-order valence-electron chi connectivity index (χ4n) is 2.27. The van der Waals surface area contributed by atoms with Crippen LogP contribution in [0.15, 0.2) is 23.3 Å². The molecule has 0 spiro atoms. The average Bonchev–Trinajstić information content (AvgIpc) is 2.45. The Labute approximate surface area is 115 Å². The Hall–Kier alpha value is -1.63. The first-order valence-electron chi connectivity index (χ1n) is 6.59. The highest BCUT2D eigenvalue weighted by atomic mass is 19.4. The molecule has 20 heavy (non-hydrogen) atoms. The lowest BCUT2D eigenvalue weighted by molar-refractivity contribution is -0.137. The number of nitrogens with zero attached hydrogens (tertiary/aromatic N) is 2. The van der Waals surface area contributed by atoms with Gasteiger partial charge in [0.25, 0.3) is 0 Å². The Morgan fingerprint density at radius 3 is 2.45 bits per heavy atom. The molecule has 4 nitrogen and oxygen atoms in total. The number of halogens is 3. The monoisotopic (exact) mass is 286 g/mol. The van der Waals surface area contributed by atoms with Crippen molar-refractivity contribution in [3.63, 3.8) is 0 Å². The van der Waals surface area contributed by atoms with Crippen molar-refractivity contribution in [1.29, 1.82) is 0 Å². The van der Waals surface area contributed by atoms with Crippen LogP contribution >= 0.6 is 0 Å². The molecule has 0 aromatic carbocycles. The molecule has 1 fully saturated rings. The number of hydrazine groups is 1. The molecule has 1 aromatic heterocycles. The van der Waals surface area contributed by atoms with Gasteiger partial charge in [-0.1, -0.05) is 19.3 Å². The van der Waals surface area contributed by atoms with Crippen LogP contribution in [0.5, 0.6) is 0 Å². The van der Waals surface area contributed by atoms with Crippen LogP contribution in [-0.4, -0.2) is 16.9 Å². The molecule has 0 unspecified atom stereocenters. The third-order valence-corrected chi connectivity index (χ3v) is 3.36. The molecule has 0 atom stereocenters. The molecule has 2 rings (SSSR count). The summed E-state index contributed by atoms with van der Waals surface area (Å²) in [7, 11) is 0. The van der Waals surface area contributed by atoms with E-state index >= 15 is 0 Å². The maximum absolute atomic E-state index is 12.5. The number of alkyl halides is 3. The quantitative estimate of drug-likeness (QED) is 0.380. The summed E-state index contributed by atoms with van der Waals surface area (Å²) < 4.78 is 37.4. The van der Waals surface area contributed by atoms with E-state index in [9.17, 15) is 13.2 Å². The van der Waals surface area contributed by atoms with E-state index in [-0.39, 0.29) is 6.04 Å². The number of aliphatic imine (C=N–C) groups is 1. The third-order valence-electron chi connectivity index (χ3n) is 3.36. The Kier molecular flexibility index (Phi) is 4.59. The summed E-state index contributed by atoms with van der Waals surface area (Å²) in [6.45, 7) is 0. The number of rotatable bonds is 2. The van der Waals surface area contributed by atoms with E-state index in [4.69, 9.17) is 5.84 Å². The smallest absolute Gasteiger partial charge is 0.307 e. The van der Waals surface area contributed by atoms with E-state index < -0.39 is 11.7 Å². The highest BCUT2D eigenvalue weighted by Gasteiger charge is 2.30. The fourth-order valence-corrected chi connectivity index (χ4v) is 2.27. The molecular weight excluding hydrogens is 269 g/mol. The molecule has 0 saturated heterocycles. The number of nitrogens with two attached hydrogens (primary N) is 1. The minimum atomic E-state index is -4.39. The predicted molar refractivity (Wildman–Crippen MR) is 70.0 cm³/mol. The molecule has 110 valence electrons. The lowest BCUT2D eigenvalue weighted by atomic mass is 9.96. The average molecular weight is 286 g/mol. The van der Waals surface area contributed by atoms with E-state index in [2.05, 4.69) is 15.4 Å². The van der Waals surface area contributed by atoms with E-state index in [1.165, 1.54) is 12.5 Å². The number of amidine groups is 1. The van der Waals surface area contributed by atoms with Gasteiger partial charge in [0.1, 0.15) is 5.69 Å². The van der Waals surface area contributed by atoms with Crippen LogP contribution in [0.2, 0.25) is 0 Å². The van der Waals surface area contributed by atoms with E-state index in [0.717, 1.165) is 37.9 Å². The number of pyridine rings is 1. The summed E-state index contributed by atoms with van der Waals surface area (Å²) >= 11 is 0. The van der Waals surface area contributed by atoms with Gasteiger partial charge in [0, 0.05) is 6.20 Å². The van der Waals surface area contributed by atoms with Crippen LogP contribution in [-0.2, 0) is 6.18 Å². The number of nitrogens with one attached hydrogen (secondary N) is 1. The maximum atomic E-state index is 12.5. The van der Waals surface area contributed by atoms with E-state index in [0.29, 0.717) is 11.5 Å². The van der Waals surface area contributed by atoms with Gasteiger partial charge in [-0.15, -0.1) is 0 Å². The topological polar surface area (TPSA) is 63.3 Å². The molecule has 1 aliphatic carbocycles. The number of hydrogen-bond donors (Lipinski definition) is 2. The summed E-state index contributed by atoms with van der Waals surface area (Å²) in [6.07, 6.45) is 1.80. The van der Waals surface area contributed by atoms with Crippen molar-refractivity contribution >= 4 is 5.84 Å². The van der Waals surface area contributed by atoms with Crippen LogP contribution in [0, 0.1) is 0 Å². The molecular formula is C13H17F3N4. The molecule has 0 amide bonds. The molecule has 3 N–H and O–H groups in total. The normalized spacial score (nSPS) is 18.1. The van der Waals surface area contributed by atoms with Crippen molar-refractivity contribution in [1.82, 2.24) is 10.4 Å². The van der Waals surface area contributed by atoms with Gasteiger partial charge in [-0.2, -0.15) is 13.2 Å². The SMILES string of the molecule is NNC(=NC1CCCCC1)c1ccc(C(F)(F)F)cn1. The zero-order chi connectivity index (χ0) is 14.6. The Morgan fingerprint density at radius 2 is 1.95 bits per heavy atom. The molecule has 7 heteroatoms. The second-order valence-electron chi connectivity index (χ2n) is 4.84. The van der Waals surface area contributed by atoms with Crippen molar-refractivity contribution in [2.24, 2.45) is 10.8 Å². The first-order valence-corrected chi connectivity index (χ1v) is 6.59. The Bertz CT molecular complexity index is 461. The molecule has 1 aliphatic rings. The highest BCUT2D eigenvalue weighted by Crippen LogP contribution is 2.28. The van der Waals surface area contributed by atoms with Gasteiger partial charge >= 0.3 is 6.18 Å². The zero-order valence-electron chi connectivity index (χ0n) is 11.0. The summed E-state index contributed by atoms with van der Waals surface area (Å²) in [5, 5.41) is 0. The molecule has 1 saturated carbocycles. The first kappa shape index (κ1) is 14.8. The van der Waals surface area contributed by atoms with Gasteiger partial charge < -0.3 is 5.43 Å². The van der Waals surface area contributed by atoms with Crippen LogP contribution in [0.25, 0.3) is 0 Å². The minimum Gasteiger partial charge on any atom is -0.307 e. The van der Waals surface area contributed by atoms with Gasteiger partial charge in [0.15, 0.2) is 5.84 Å². The lowest BCUT2D eigenvalue weighted by Gasteiger charge is -2.19. The van der Waals surface area contributed by atoms with Crippen molar-refractivity contribution in [3.8, 4) is 0 Å². The number of hydrogen-bond acceptors (Lipinski definition) is 3. The van der Waals surface area contributed by atoms with Gasteiger partial charge in [-0.3, -0.25) is 9.98 Å². The van der Waals surface area contributed by atoms with Crippen molar-refractivity contribution in [2.45, 2.75) is 44.3 Å². The second kappa shape index (κ2) is 6.21. The molecule has 0 radical (unpaired) electrons. The van der Waals surface area contributed by atoms with Crippen LogP contribution < -0.4 is 11.3 Å². The summed E-state index contributed by atoms with van der Waals surface area (Å²) in [5.41, 5.74) is 1.97. The molecule has 0 bridgehead atoms. The largest absolute Gasteiger partial charge is 0.417 e. The van der Waals surface area contributed by atoms with Crippen molar-refractivity contribution in [3.05, 3.63) is 29.6 Å². The summed E-state index contributed by atoms with van der Waals surface area (Å²) in [5.74, 6) is 5.74.